The van der Waals surface area contributed by atoms with E-state index in [4.69, 9.17) is 9.47 Å². The average Bonchev–Trinajstić information content (AvgIpc) is 3.25. The zero-order valence-corrected chi connectivity index (χ0v) is 19.3. The number of methoxy groups -OCH3 is 1. The maximum absolute atomic E-state index is 13.3. The number of ether oxygens (including phenoxy) is 2. The van der Waals surface area contributed by atoms with Crippen molar-refractivity contribution in [3.8, 4) is 5.75 Å². The molecule has 1 saturated heterocycles. The summed E-state index contributed by atoms with van der Waals surface area (Å²) in [6.07, 6.45) is 1.99. The molecule has 0 aliphatic carbocycles. The smallest absolute Gasteiger partial charge is 0.239 e. The number of aryl methyl sites for hydroxylation is 1. The number of carbonyl (C=O) groups is 1. The van der Waals surface area contributed by atoms with Crippen molar-refractivity contribution >= 4 is 37.4 Å². The van der Waals surface area contributed by atoms with Gasteiger partial charge in [0, 0.05) is 13.2 Å². The Labute approximate surface area is 185 Å². The average molecular weight is 497 g/mol. The first-order valence-electron chi connectivity index (χ1n) is 9.62. The van der Waals surface area contributed by atoms with Crippen molar-refractivity contribution < 1.29 is 22.7 Å². The van der Waals surface area contributed by atoms with Gasteiger partial charge in [0.1, 0.15) is 5.75 Å². The van der Waals surface area contributed by atoms with E-state index >= 15 is 0 Å². The number of hydrogen-bond donors (Lipinski definition) is 2. The highest BCUT2D eigenvalue weighted by Crippen LogP contribution is 2.33. The highest BCUT2D eigenvalue weighted by atomic mass is 79.9. The molecule has 9 heteroatoms. The lowest BCUT2D eigenvalue weighted by Crippen LogP contribution is -2.35. The molecule has 0 spiro atoms. The van der Waals surface area contributed by atoms with Crippen molar-refractivity contribution in [2.45, 2.75) is 35.7 Å². The Morgan fingerprint density at radius 3 is 2.73 bits per heavy atom. The third-order valence-electron chi connectivity index (χ3n) is 4.85. The van der Waals surface area contributed by atoms with Crippen molar-refractivity contribution in [1.29, 1.82) is 0 Å². The Morgan fingerprint density at radius 2 is 2.07 bits per heavy atom. The second-order valence-electron chi connectivity index (χ2n) is 7.09. The molecule has 1 heterocycles. The molecule has 0 saturated carbocycles. The predicted octanol–water partition coefficient (Wildman–Crippen LogP) is 3.31. The van der Waals surface area contributed by atoms with Crippen LogP contribution in [0.4, 0.5) is 5.69 Å². The van der Waals surface area contributed by atoms with Crippen LogP contribution in [0.15, 0.2) is 50.7 Å². The van der Waals surface area contributed by atoms with Crippen molar-refractivity contribution in [3.05, 3.63) is 46.4 Å². The monoisotopic (exact) mass is 496 g/mol. The van der Waals surface area contributed by atoms with Crippen LogP contribution in [0.25, 0.3) is 0 Å². The molecule has 2 N–H and O–H groups in total. The van der Waals surface area contributed by atoms with Crippen LogP contribution in [0.1, 0.15) is 18.4 Å². The standard InChI is InChI=1S/C21H25BrN2O5S/c1-14-5-7-18(23-13-21(25)24-12-15-4-3-9-29-15)20(10-14)30(26,27)16-6-8-19(28-2)17(22)11-16/h5-8,10-11,15,23H,3-4,9,12-13H2,1-2H3,(H,24,25). The number of benzene rings is 2. The summed E-state index contributed by atoms with van der Waals surface area (Å²) >= 11 is 3.33. The number of rotatable bonds is 8. The minimum Gasteiger partial charge on any atom is -0.496 e. The molecular formula is C21H25BrN2O5S. The molecule has 30 heavy (non-hydrogen) atoms. The third kappa shape index (κ3) is 5.33. The number of nitrogens with one attached hydrogen (secondary N) is 2. The van der Waals surface area contributed by atoms with Gasteiger partial charge in [0.2, 0.25) is 15.7 Å². The lowest BCUT2D eigenvalue weighted by molar-refractivity contribution is -0.119. The molecule has 1 amide bonds. The number of sulfone groups is 1. The van der Waals surface area contributed by atoms with E-state index in [1.54, 1.807) is 24.3 Å². The van der Waals surface area contributed by atoms with E-state index < -0.39 is 9.84 Å². The molecule has 3 rings (SSSR count). The summed E-state index contributed by atoms with van der Waals surface area (Å²) in [6, 6.07) is 9.68. The van der Waals surface area contributed by atoms with Gasteiger partial charge in [-0.15, -0.1) is 0 Å². The Bertz CT molecular complexity index is 1020. The summed E-state index contributed by atoms with van der Waals surface area (Å²) < 4.78 is 37.8. The fourth-order valence-corrected chi connectivity index (χ4v) is 5.45. The molecule has 0 aromatic heterocycles. The predicted molar refractivity (Wildman–Crippen MR) is 118 cm³/mol. The van der Waals surface area contributed by atoms with E-state index in [2.05, 4.69) is 26.6 Å². The van der Waals surface area contributed by atoms with E-state index in [1.807, 2.05) is 6.92 Å². The zero-order valence-electron chi connectivity index (χ0n) is 16.9. The minimum atomic E-state index is -3.81. The van der Waals surface area contributed by atoms with Crippen LogP contribution in [-0.4, -0.2) is 47.2 Å². The number of carbonyl (C=O) groups excluding carboxylic acids is 1. The first-order chi connectivity index (χ1) is 14.3. The van der Waals surface area contributed by atoms with Crippen molar-refractivity contribution in [2.75, 3.05) is 32.1 Å². The van der Waals surface area contributed by atoms with Crippen molar-refractivity contribution in [2.24, 2.45) is 0 Å². The Morgan fingerprint density at radius 1 is 1.27 bits per heavy atom. The largest absolute Gasteiger partial charge is 0.496 e. The summed E-state index contributed by atoms with van der Waals surface area (Å²) in [7, 11) is -2.30. The molecule has 162 valence electrons. The highest BCUT2D eigenvalue weighted by molar-refractivity contribution is 9.10. The van der Waals surface area contributed by atoms with Crippen LogP contribution in [0.5, 0.6) is 5.75 Å². The van der Waals surface area contributed by atoms with Gasteiger partial charge in [0.25, 0.3) is 0 Å². The fraction of sp³-hybridized carbons (Fsp3) is 0.381. The normalized spacial score (nSPS) is 16.3. The highest BCUT2D eigenvalue weighted by Gasteiger charge is 2.23. The third-order valence-corrected chi connectivity index (χ3v) is 7.26. The van der Waals surface area contributed by atoms with E-state index in [0.717, 1.165) is 25.0 Å². The van der Waals surface area contributed by atoms with Crippen LogP contribution in [0, 0.1) is 6.92 Å². The molecule has 0 bridgehead atoms. The lowest BCUT2D eigenvalue weighted by Gasteiger charge is -2.15. The summed E-state index contributed by atoms with van der Waals surface area (Å²) in [5, 5.41) is 5.78. The lowest BCUT2D eigenvalue weighted by atomic mass is 10.2. The van der Waals surface area contributed by atoms with Crippen LogP contribution >= 0.6 is 15.9 Å². The summed E-state index contributed by atoms with van der Waals surface area (Å²) in [5.41, 5.74) is 1.18. The van der Waals surface area contributed by atoms with Gasteiger partial charge in [-0.2, -0.15) is 0 Å². The van der Waals surface area contributed by atoms with E-state index in [9.17, 15) is 13.2 Å². The Hall–Kier alpha value is -2.10. The van der Waals surface area contributed by atoms with Crippen molar-refractivity contribution in [1.82, 2.24) is 5.32 Å². The maximum atomic E-state index is 13.3. The first-order valence-corrected chi connectivity index (χ1v) is 11.9. The molecule has 7 nitrogen and oxygen atoms in total. The van der Waals surface area contributed by atoms with Gasteiger partial charge in [0.05, 0.1) is 39.7 Å². The zero-order chi connectivity index (χ0) is 21.7. The minimum absolute atomic E-state index is 0.0371. The second-order valence-corrected chi connectivity index (χ2v) is 9.86. The van der Waals surface area contributed by atoms with E-state index in [1.165, 1.54) is 19.2 Å². The molecule has 1 unspecified atom stereocenters. The number of hydrogen-bond acceptors (Lipinski definition) is 6. The second kappa shape index (κ2) is 9.80. The van der Waals surface area contributed by atoms with Gasteiger partial charge in [-0.05, 0) is 71.6 Å². The molecule has 1 fully saturated rings. The van der Waals surface area contributed by atoms with Gasteiger partial charge >= 0.3 is 0 Å². The van der Waals surface area contributed by atoms with Crippen molar-refractivity contribution in [3.63, 3.8) is 0 Å². The topological polar surface area (TPSA) is 93.7 Å². The van der Waals surface area contributed by atoms with Crippen LogP contribution in [0.3, 0.4) is 0 Å². The molecule has 2 aromatic carbocycles. The molecule has 1 aliphatic heterocycles. The van der Waals surface area contributed by atoms with Gasteiger partial charge in [0.15, 0.2) is 0 Å². The Balaban J connectivity index is 1.77. The van der Waals surface area contributed by atoms with E-state index in [0.29, 0.717) is 22.5 Å². The van der Waals surface area contributed by atoms with Crippen LogP contribution < -0.4 is 15.4 Å². The molecule has 1 aliphatic rings. The first kappa shape index (κ1) is 22.6. The number of halogens is 1. The number of amides is 1. The molecule has 0 radical (unpaired) electrons. The van der Waals surface area contributed by atoms with Gasteiger partial charge in [-0.1, -0.05) is 6.07 Å². The van der Waals surface area contributed by atoms with Gasteiger partial charge in [-0.3, -0.25) is 4.79 Å². The molecule has 1 atom stereocenters. The quantitative estimate of drug-likeness (QED) is 0.582. The van der Waals surface area contributed by atoms with E-state index in [-0.39, 0.29) is 28.3 Å². The summed E-state index contributed by atoms with van der Waals surface area (Å²) in [6.45, 7) is 2.97. The molecular weight excluding hydrogens is 472 g/mol. The van der Waals surface area contributed by atoms with Crippen LogP contribution in [-0.2, 0) is 19.4 Å². The Kier molecular flexibility index (Phi) is 7.38. The summed E-state index contributed by atoms with van der Waals surface area (Å²) in [5.74, 6) is 0.320. The van der Waals surface area contributed by atoms with Gasteiger partial charge < -0.3 is 20.1 Å². The SMILES string of the molecule is COc1ccc(S(=O)(=O)c2cc(C)ccc2NCC(=O)NCC2CCCO2)cc1Br. The fourth-order valence-electron chi connectivity index (χ4n) is 3.21. The molecule has 2 aromatic rings. The van der Waals surface area contributed by atoms with Crippen LogP contribution in [0.2, 0.25) is 0 Å². The number of anilines is 1. The van der Waals surface area contributed by atoms with Gasteiger partial charge in [-0.25, -0.2) is 8.42 Å². The maximum Gasteiger partial charge on any atom is 0.239 e. The summed E-state index contributed by atoms with van der Waals surface area (Å²) in [4.78, 5) is 12.4.